The summed E-state index contributed by atoms with van der Waals surface area (Å²) in [5, 5.41) is 2.13. The Bertz CT molecular complexity index is 335. The van der Waals surface area contributed by atoms with Gasteiger partial charge in [-0.2, -0.15) is 0 Å². The molecule has 0 saturated carbocycles. The van der Waals surface area contributed by atoms with Crippen molar-refractivity contribution in [1.82, 2.24) is 4.90 Å². The first-order valence-corrected chi connectivity index (χ1v) is 7.06. The maximum Gasteiger partial charge on any atom is 0.0513 e. The zero-order chi connectivity index (χ0) is 12.3. The van der Waals surface area contributed by atoms with Crippen molar-refractivity contribution >= 4 is 11.3 Å². The molecule has 0 aromatic carbocycles. The van der Waals surface area contributed by atoms with Gasteiger partial charge in [-0.1, -0.05) is 6.07 Å². The second-order valence-corrected chi connectivity index (χ2v) is 6.09. The summed E-state index contributed by atoms with van der Waals surface area (Å²) in [6, 6.07) is 4.29. The number of ether oxygens (including phenoxy) is 1. The second-order valence-electron chi connectivity index (χ2n) is 5.06. The van der Waals surface area contributed by atoms with Crippen LogP contribution >= 0.6 is 11.3 Å². The molecule has 2 rings (SSSR count). The molecule has 1 aromatic rings. The minimum atomic E-state index is 0.0422. The van der Waals surface area contributed by atoms with Gasteiger partial charge in [0.25, 0.3) is 0 Å². The van der Waals surface area contributed by atoms with Gasteiger partial charge in [0.2, 0.25) is 0 Å². The lowest BCUT2D eigenvalue weighted by Gasteiger charge is -2.42. The van der Waals surface area contributed by atoms with Gasteiger partial charge in [0.15, 0.2) is 0 Å². The van der Waals surface area contributed by atoms with E-state index in [-0.39, 0.29) is 5.54 Å². The molecule has 96 valence electrons. The fourth-order valence-corrected chi connectivity index (χ4v) is 3.23. The third kappa shape index (κ3) is 2.71. The molecule has 0 amide bonds. The summed E-state index contributed by atoms with van der Waals surface area (Å²) >= 11 is 1.81. The summed E-state index contributed by atoms with van der Waals surface area (Å²) in [5.74, 6) is 0.553. The first-order chi connectivity index (χ1) is 8.16. The van der Waals surface area contributed by atoms with Gasteiger partial charge in [-0.05, 0) is 31.8 Å². The number of nitrogens with zero attached hydrogens (tertiary/aromatic N) is 1. The third-order valence-electron chi connectivity index (χ3n) is 4.07. The van der Waals surface area contributed by atoms with E-state index in [1.807, 2.05) is 0 Å². The van der Waals surface area contributed by atoms with Gasteiger partial charge in [-0.25, -0.2) is 0 Å². The molecule has 0 radical (unpaired) electrons. The molecule has 3 nitrogen and oxygen atoms in total. The van der Waals surface area contributed by atoms with Crippen molar-refractivity contribution in [2.45, 2.75) is 25.4 Å². The molecule has 1 aliphatic rings. The van der Waals surface area contributed by atoms with Crippen LogP contribution in [0.5, 0.6) is 0 Å². The molecule has 1 fully saturated rings. The second kappa shape index (κ2) is 5.48. The largest absolute Gasteiger partial charge is 0.381 e. The van der Waals surface area contributed by atoms with Crippen LogP contribution in [-0.2, 0) is 11.3 Å². The normalized spacial score (nSPS) is 24.1. The minimum Gasteiger partial charge on any atom is -0.381 e. The molecule has 2 atom stereocenters. The number of rotatable bonds is 5. The predicted molar refractivity (Wildman–Crippen MR) is 72.2 cm³/mol. The van der Waals surface area contributed by atoms with Crippen LogP contribution < -0.4 is 5.73 Å². The first kappa shape index (κ1) is 13.0. The van der Waals surface area contributed by atoms with E-state index in [4.69, 9.17) is 10.5 Å². The van der Waals surface area contributed by atoms with Crippen LogP contribution in [-0.4, -0.2) is 37.2 Å². The fraction of sp³-hybridized carbons (Fsp3) is 0.692. The van der Waals surface area contributed by atoms with Gasteiger partial charge in [0, 0.05) is 36.0 Å². The lowest BCUT2D eigenvalue weighted by atomic mass is 9.83. The smallest absolute Gasteiger partial charge is 0.0513 e. The Hall–Kier alpha value is -0.420. The van der Waals surface area contributed by atoms with Crippen molar-refractivity contribution < 1.29 is 4.74 Å². The van der Waals surface area contributed by atoms with E-state index < -0.39 is 0 Å². The van der Waals surface area contributed by atoms with E-state index in [2.05, 4.69) is 36.4 Å². The summed E-state index contributed by atoms with van der Waals surface area (Å²) in [6.07, 6.45) is 1.13. The number of thiophene rings is 1. The Morgan fingerprint density at radius 3 is 3.00 bits per heavy atom. The van der Waals surface area contributed by atoms with Crippen molar-refractivity contribution in [2.75, 3.05) is 26.8 Å². The zero-order valence-corrected chi connectivity index (χ0v) is 11.5. The SMILES string of the molecule is CN(Cc1cccs1)C(C)(CN)C1CCOC1. The number of nitrogens with two attached hydrogens (primary N) is 1. The van der Waals surface area contributed by atoms with Crippen molar-refractivity contribution in [3.63, 3.8) is 0 Å². The van der Waals surface area contributed by atoms with Crippen LogP contribution in [0.2, 0.25) is 0 Å². The first-order valence-electron chi connectivity index (χ1n) is 6.18. The highest BCUT2D eigenvalue weighted by Crippen LogP contribution is 2.31. The van der Waals surface area contributed by atoms with Crippen LogP contribution in [0.25, 0.3) is 0 Å². The van der Waals surface area contributed by atoms with Crippen LogP contribution in [0.4, 0.5) is 0 Å². The van der Waals surface area contributed by atoms with E-state index in [9.17, 15) is 0 Å². The summed E-state index contributed by atoms with van der Waals surface area (Å²) in [4.78, 5) is 3.78. The molecule has 1 saturated heterocycles. The fourth-order valence-electron chi connectivity index (χ4n) is 2.48. The van der Waals surface area contributed by atoms with Gasteiger partial charge in [0.1, 0.15) is 0 Å². The van der Waals surface area contributed by atoms with Gasteiger partial charge >= 0.3 is 0 Å². The van der Waals surface area contributed by atoms with E-state index in [1.54, 1.807) is 11.3 Å². The Kier molecular flexibility index (Phi) is 4.20. The molecule has 0 aliphatic carbocycles. The number of likely N-dealkylation sites (N-methyl/N-ethyl adjacent to an activating group) is 1. The molecule has 0 bridgehead atoms. The lowest BCUT2D eigenvalue weighted by Crippen LogP contribution is -2.54. The molecule has 1 aliphatic heterocycles. The van der Waals surface area contributed by atoms with Gasteiger partial charge in [-0.15, -0.1) is 11.3 Å². The average Bonchev–Trinajstić information content (AvgIpc) is 3.00. The van der Waals surface area contributed by atoms with Gasteiger partial charge < -0.3 is 10.5 Å². The number of hydrogen-bond acceptors (Lipinski definition) is 4. The molecule has 1 aromatic heterocycles. The highest BCUT2D eigenvalue weighted by molar-refractivity contribution is 7.09. The van der Waals surface area contributed by atoms with E-state index in [0.29, 0.717) is 12.5 Å². The quantitative estimate of drug-likeness (QED) is 0.872. The Balaban J connectivity index is 2.05. The maximum atomic E-state index is 6.02. The highest BCUT2D eigenvalue weighted by Gasteiger charge is 2.38. The Labute approximate surface area is 108 Å². The maximum absolute atomic E-state index is 6.02. The van der Waals surface area contributed by atoms with E-state index in [1.165, 1.54) is 4.88 Å². The molecule has 0 spiro atoms. The van der Waals surface area contributed by atoms with Crippen LogP contribution in [0, 0.1) is 5.92 Å². The molecule has 4 heteroatoms. The predicted octanol–water partition coefficient (Wildman–Crippen LogP) is 1.93. The topological polar surface area (TPSA) is 38.5 Å². The van der Waals surface area contributed by atoms with E-state index in [0.717, 1.165) is 26.2 Å². The Morgan fingerprint density at radius 2 is 2.47 bits per heavy atom. The highest BCUT2D eigenvalue weighted by atomic mass is 32.1. The molecule has 17 heavy (non-hydrogen) atoms. The minimum absolute atomic E-state index is 0.0422. The van der Waals surface area contributed by atoms with E-state index >= 15 is 0 Å². The van der Waals surface area contributed by atoms with Gasteiger partial charge in [-0.3, -0.25) is 4.90 Å². The third-order valence-corrected chi connectivity index (χ3v) is 4.93. The zero-order valence-electron chi connectivity index (χ0n) is 10.7. The number of hydrogen-bond donors (Lipinski definition) is 1. The summed E-state index contributed by atoms with van der Waals surface area (Å²) in [5.41, 5.74) is 6.07. The molecule has 2 unspecified atom stereocenters. The van der Waals surface area contributed by atoms with Crippen LogP contribution in [0.1, 0.15) is 18.2 Å². The molecular formula is C13H22N2OS. The summed E-state index contributed by atoms with van der Waals surface area (Å²) in [7, 11) is 2.17. The monoisotopic (exact) mass is 254 g/mol. The molecule has 2 heterocycles. The summed E-state index contributed by atoms with van der Waals surface area (Å²) < 4.78 is 5.51. The molecular weight excluding hydrogens is 232 g/mol. The van der Waals surface area contributed by atoms with Crippen molar-refractivity contribution in [1.29, 1.82) is 0 Å². The Morgan fingerprint density at radius 1 is 1.65 bits per heavy atom. The lowest BCUT2D eigenvalue weighted by molar-refractivity contribution is 0.0617. The van der Waals surface area contributed by atoms with Crippen molar-refractivity contribution in [3.8, 4) is 0 Å². The van der Waals surface area contributed by atoms with Crippen molar-refractivity contribution in [2.24, 2.45) is 11.7 Å². The van der Waals surface area contributed by atoms with Crippen molar-refractivity contribution in [3.05, 3.63) is 22.4 Å². The molecule has 2 N–H and O–H groups in total. The average molecular weight is 254 g/mol. The summed E-state index contributed by atoms with van der Waals surface area (Å²) in [6.45, 7) is 5.65. The van der Waals surface area contributed by atoms with Crippen LogP contribution in [0.15, 0.2) is 17.5 Å². The van der Waals surface area contributed by atoms with Crippen LogP contribution in [0.3, 0.4) is 0 Å². The standard InChI is InChI=1S/C13H22N2OS/c1-13(10-14,11-5-6-16-9-11)15(2)8-12-4-3-7-17-12/h3-4,7,11H,5-6,8-10,14H2,1-2H3. The van der Waals surface area contributed by atoms with Gasteiger partial charge in [0.05, 0.1) is 6.61 Å².